The van der Waals surface area contributed by atoms with Gasteiger partial charge in [0.1, 0.15) is 5.82 Å². The first-order chi connectivity index (χ1) is 8.43. The van der Waals surface area contributed by atoms with E-state index in [1.807, 2.05) is 6.92 Å². The lowest BCUT2D eigenvalue weighted by molar-refractivity contribution is -0.117. The fourth-order valence-corrected chi connectivity index (χ4v) is 1.21. The number of aliphatic hydroxyl groups is 1. The van der Waals surface area contributed by atoms with Crippen LogP contribution < -0.4 is 5.32 Å². The molecule has 0 fully saturated rings. The van der Waals surface area contributed by atoms with E-state index in [9.17, 15) is 14.3 Å². The van der Waals surface area contributed by atoms with E-state index in [1.54, 1.807) is 25.1 Å². The van der Waals surface area contributed by atoms with Crippen molar-refractivity contribution in [3.63, 3.8) is 0 Å². The Labute approximate surface area is 106 Å². The monoisotopic (exact) mass is 251 g/mol. The number of hydrogen-bond donors (Lipinski definition) is 2. The molecule has 0 aromatic heterocycles. The molecule has 2 N–H and O–H groups in total. The number of halogens is 1. The molecule has 1 aromatic carbocycles. The van der Waals surface area contributed by atoms with E-state index in [2.05, 4.69) is 5.32 Å². The number of carbonyl (C=O) groups is 1. The predicted octanol–water partition coefficient (Wildman–Crippen LogP) is 2.12. The highest BCUT2D eigenvalue weighted by Crippen LogP contribution is 2.06. The fraction of sp³-hybridized carbons (Fsp3) is 0.357. The first kappa shape index (κ1) is 14.4. The van der Waals surface area contributed by atoms with Crippen molar-refractivity contribution >= 4 is 12.0 Å². The van der Waals surface area contributed by atoms with Crippen LogP contribution in [-0.4, -0.2) is 23.2 Å². The van der Waals surface area contributed by atoms with Gasteiger partial charge in [-0.25, -0.2) is 4.39 Å². The number of carbonyl (C=O) groups excluding carboxylic acids is 1. The molecule has 3 nitrogen and oxygen atoms in total. The molecule has 0 heterocycles. The lowest BCUT2D eigenvalue weighted by Gasteiger charge is -2.20. The highest BCUT2D eigenvalue weighted by molar-refractivity contribution is 5.91. The van der Waals surface area contributed by atoms with Crippen LogP contribution >= 0.6 is 0 Å². The van der Waals surface area contributed by atoms with Gasteiger partial charge in [-0.3, -0.25) is 4.79 Å². The lowest BCUT2D eigenvalue weighted by atomic mass is 10.0. The Balaban J connectivity index is 2.47. The third-order valence-electron chi connectivity index (χ3n) is 2.70. The van der Waals surface area contributed by atoms with Crippen LogP contribution in [0.2, 0.25) is 0 Å². The second-order valence-corrected chi connectivity index (χ2v) is 4.45. The van der Waals surface area contributed by atoms with Gasteiger partial charge < -0.3 is 10.4 Å². The van der Waals surface area contributed by atoms with Gasteiger partial charge >= 0.3 is 0 Å². The average Bonchev–Trinajstić information content (AvgIpc) is 2.36. The minimum atomic E-state index is -0.890. The van der Waals surface area contributed by atoms with Crippen molar-refractivity contribution in [3.05, 3.63) is 41.7 Å². The molecule has 0 spiro atoms. The zero-order valence-electron chi connectivity index (χ0n) is 10.6. The normalized spacial score (nSPS) is 14.4. The summed E-state index contributed by atoms with van der Waals surface area (Å²) in [6, 6.07) is 5.83. The van der Waals surface area contributed by atoms with Crippen LogP contribution in [0.25, 0.3) is 6.08 Å². The van der Waals surface area contributed by atoms with Crippen molar-refractivity contribution in [2.24, 2.45) is 0 Å². The van der Waals surface area contributed by atoms with E-state index >= 15 is 0 Å². The van der Waals surface area contributed by atoms with E-state index in [0.717, 1.165) is 5.56 Å². The molecule has 0 aliphatic rings. The number of hydrogen-bond acceptors (Lipinski definition) is 2. The number of amides is 1. The predicted molar refractivity (Wildman–Crippen MR) is 69.4 cm³/mol. The summed E-state index contributed by atoms with van der Waals surface area (Å²) in [7, 11) is 0. The summed E-state index contributed by atoms with van der Waals surface area (Å²) >= 11 is 0. The van der Waals surface area contributed by atoms with Crippen LogP contribution in [0.1, 0.15) is 25.8 Å². The molecule has 1 aromatic rings. The highest BCUT2D eigenvalue weighted by atomic mass is 19.1. The van der Waals surface area contributed by atoms with Crippen LogP contribution in [0.15, 0.2) is 30.3 Å². The van der Waals surface area contributed by atoms with Gasteiger partial charge in [-0.05, 0) is 37.1 Å². The van der Waals surface area contributed by atoms with Gasteiger partial charge in [0.05, 0.1) is 5.60 Å². The Morgan fingerprint density at radius 3 is 2.61 bits per heavy atom. The lowest BCUT2D eigenvalue weighted by Crippen LogP contribution is -2.39. The molecule has 1 unspecified atom stereocenters. The largest absolute Gasteiger partial charge is 0.388 e. The summed E-state index contributed by atoms with van der Waals surface area (Å²) in [5, 5.41) is 12.3. The third-order valence-corrected chi connectivity index (χ3v) is 2.70. The van der Waals surface area contributed by atoms with Crippen molar-refractivity contribution in [2.75, 3.05) is 6.54 Å². The van der Waals surface area contributed by atoms with Gasteiger partial charge in [0.2, 0.25) is 5.91 Å². The molecule has 0 bridgehead atoms. The van der Waals surface area contributed by atoms with E-state index in [4.69, 9.17) is 0 Å². The van der Waals surface area contributed by atoms with Crippen molar-refractivity contribution in [2.45, 2.75) is 25.9 Å². The van der Waals surface area contributed by atoms with Crippen molar-refractivity contribution < 1.29 is 14.3 Å². The Hall–Kier alpha value is -1.68. The van der Waals surface area contributed by atoms with Crippen LogP contribution in [0, 0.1) is 5.82 Å². The summed E-state index contributed by atoms with van der Waals surface area (Å²) in [4.78, 5) is 11.5. The average molecular weight is 251 g/mol. The van der Waals surface area contributed by atoms with Crippen molar-refractivity contribution in [1.29, 1.82) is 0 Å². The summed E-state index contributed by atoms with van der Waals surface area (Å²) < 4.78 is 12.6. The second-order valence-electron chi connectivity index (χ2n) is 4.45. The van der Waals surface area contributed by atoms with Crippen LogP contribution in [0.5, 0.6) is 0 Å². The quantitative estimate of drug-likeness (QED) is 0.787. The number of rotatable bonds is 5. The third kappa shape index (κ3) is 5.10. The fourth-order valence-electron chi connectivity index (χ4n) is 1.21. The van der Waals surface area contributed by atoms with E-state index in [0.29, 0.717) is 6.42 Å². The molecule has 1 amide bonds. The minimum Gasteiger partial charge on any atom is -0.388 e. The van der Waals surface area contributed by atoms with Gasteiger partial charge in [0.25, 0.3) is 0 Å². The Morgan fingerprint density at radius 2 is 2.06 bits per heavy atom. The SMILES string of the molecule is CCC(C)(O)CNC(=O)C=Cc1ccc(F)cc1. The van der Waals surface area contributed by atoms with Crippen LogP contribution in [0.3, 0.4) is 0 Å². The molecule has 1 rings (SSSR count). The smallest absolute Gasteiger partial charge is 0.244 e. The van der Waals surface area contributed by atoms with Gasteiger partial charge in [-0.2, -0.15) is 0 Å². The molecular formula is C14H18FNO2. The summed E-state index contributed by atoms with van der Waals surface area (Å²) in [6.07, 6.45) is 3.52. The van der Waals surface area contributed by atoms with Gasteiger partial charge in [0, 0.05) is 12.6 Å². The first-order valence-corrected chi connectivity index (χ1v) is 5.87. The molecule has 0 radical (unpaired) electrons. The van der Waals surface area contributed by atoms with Crippen molar-refractivity contribution in [1.82, 2.24) is 5.32 Å². The molecule has 98 valence electrons. The Morgan fingerprint density at radius 1 is 1.44 bits per heavy atom. The van der Waals surface area contributed by atoms with Crippen LogP contribution in [-0.2, 0) is 4.79 Å². The molecular weight excluding hydrogens is 233 g/mol. The van der Waals surface area contributed by atoms with Gasteiger partial charge in [-0.1, -0.05) is 19.1 Å². The summed E-state index contributed by atoms with van der Waals surface area (Å²) in [6.45, 7) is 3.72. The molecule has 1 atom stereocenters. The van der Waals surface area contributed by atoms with E-state index in [1.165, 1.54) is 18.2 Å². The van der Waals surface area contributed by atoms with Crippen LogP contribution in [0.4, 0.5) is 4.39 Å². The Bertz CT molecular complexity index is 424. The van der Waals surface area contributed by atoms with Gasteiger partial charge in [0.15, 0.2) is 0 Å². The molecule has 18 heavy (non-hydrogen) atoms. The first-order valence-electron chi connectivity index (χ1n) is 5.87. The molecule has 0 saturated carbocycles. The number of nitrogens with one attached hydrogen (secondary N) is 1. The molecule has 0 aliphatic heterocycles. The molecule has 4 heteroatoms. The van der Waals surface area contributed by atoms with E-state index in [-0.39, 0.29) is 18.3 Å². The topological polar surface area (TPSA) is 49.3 Å². The maximum absolute atomic E-state index is 12.6. The maximum Gasteiger partial charge on any atom is 0.244 e. The van der Waals surface area contributed by atoms with Gasteiger partial charge in [-0.15, -0.1) is 0 Å². The summed E-state index contributed by atoms with van der Waals surface area (Å²) in [5.41, 5.74) is -0.145. The minimum absolute atomic E-state index is 0.204. The molecule has 0 saturated heterocycles. The molecule has 0 aliphatic carbocycles. The zero-order chi connectivity index (χ0) is 13.6. The maximum atomic E-state index is 12.6. The zero-order valence-corrected chi connectivity index (χ0v) is 10.6. The van der Waals surface area contributed by atoms with E-state index < -0.39 is 5.60 Å². The van der Waals surface area contributed by atoms with Crippen molar-refractivity contribution in [3.8, 4) is 0 Å². The second kappa shape index (κ2) is 6.31. The highest BCUT2D eigenvalue weighted by Gasteiger charge is 2.17. The standard InChI is InChI=1S/C14H18FNO2/c1-3-14(2,18)10-16-13(17)9-6-11-4-7-12(15)8-5-11/h4-9,18H,3,10H2,1-2H3,(H,16,17). The summed E-state index contributed by atoms with van der Waals surface area (Å²) in [5.74, 6) is -0.594. The Kier molecular flexibility index (Phi) is 5.04. The number of benzene rings is 1.